The van der Waals surface area contributed by atoms with Gasteiger partial charge >= 0.3 is 0 Å². The third-order valence-electron chi connectivity index (χ3n) is 3.00. The number of hydrogen-bond acceptors (Lipinski definition) is 6. The molecule has 1 aliphatic rings. The summed E-state index contributed by atoms with van der Waals surface area (Å²) in [5, 5.41) is 31.6. The monoisotopic (exact) mass is 479 g/mol. The predicted molar refractivity (Wildman–Crippen MR) is 84.8 cm³/mol. The highest BCUT2D eigenvalue weighted by atomic mass is 127. The van der Waals surface area contributed by atoms with Crippen molar-refractivity contribution in [1.29, 1.82) is 0 Å². The molecule has 4 atom stereocenters. The van der Waals surface area contributed by atoms with E-state index in [9.17, 15) is 10.2 Å². The maximum absolute atomic E-state index is 9.82. The van der Waals surface area contributed by atoms with E-state index < -0.39 is 12.2 Å². The summed E-state index contributed by atoms with van der Waals surface area (Å²) in [6.45, 7) is -0.127. The number of halogens is 2. The molecule has 1 saturated carbocycles. The second-order valence-corrected chi connectivity index (χ2v) is 5.24. The van der Waals surface area contributed by atoms with Gasteiger partial charge in [-0.3, -0.25) is 0 Å². The van der Waals surface area contributed by atoms with E-state index >= 15 is 0 Å². The van der Waals surface area contributed by atoms with Crippen molar-refractivity contribution in [3.05, 3.63) is 16.1 Å². The molecule has 0 spiro atoms. The highest BCUT2D eigenvalue weighted by Gasteiger charge is 2.41. The molecule has 4 N–H and O–H groups in total. The molecule has 0 unspecified atom stereocenters. The molecule has 102 valence electrons. The van der Waals surface area contributed by atoms with Crippen molar-refractivity contribution >= 4 is 52.4 Å². The molecule has 0 bridgehead atoms. The lowest BCUT2D eigenvalue weighted by Crippen LogP contribution is -2.35. The van der Waals surface area contributed by atoms with Crippen LogP contribution in [0.25, 0.3) is 0 Å². The van der Waals surface area contributed by atoms with Gasteiger partial charge in [-0.2, -0.15) is 0 Å². The molecule has 1 fully saturated rings. The second-order valence-electron chi connectivity index (χ2n) is 4.14. The first-order valence-corrected chi connectivity index (χ1v) is 6.40. The van der Waals surface area contributed by atoms with Gasteiger partial charge in [0.15, 0.2) is 0 Å². The first-order chi connectivity index (χ1) is 8.11. The Morgan fingerprint density at radius 1 is 1.33 bits per heavy atom. The Morgan fingerprint density at radius 3 is 2.61 bits per heavy atom. The number of nitrogens with one attached hydrogen (secondary N) is 1. The van der Waals surface area contributed by atoms with Crippen LogP contribution in [-0.4, -0.2) is 50.1 Å². The molecule has 1 aromatic heterocycles. The molecule has 0 saturated heterocycles. The largest absolute Gasteiger partial charge is 0.396 e. The van der Waals surface area contributed by atoms with Crippen LogP contribution in [0, 0.1) is 9.62 Å². The van der Waals surface area contributed by atoms with Crippen LogP contribution in [0.3, 0.4) is 0 Å². The molecular weight excluding hydrogens is 464 g/mol. The third kappa shape index (κ3) is 3.62. The van der Waals surface area contributed by atoms with Crippen LogP contribution in [0.5, 0.6) is 0 Å². The summed E-state index contributed by atoms with van der Waals surface area (Å²) < 4.78 is 0.798. The Morgan fingerprint density at radius 2 is 2.06 bits per heavy atom. The first kappa shape index (κ1) is 16.3. The van der Waals surface area contributed by atoms with E-state index in [2.05, 4.69) is 37.9 Å². The molecule has 0 aromatic carbocycles. The number of rotatable bonds is 3. The summed E-state index contributed by atoms with van der Waals surface area (Å²) in [7, 11) is 0. The highest BCUT2D eigenvalue weighted by Crippen LogP contribution is 2.28. The summed E-state index contributed by atoms with van der Waals surface area (Å²) in [5.74, 6) is 0.322. The molecule has 2 rings (SSSR count). The molecule has 0 aliphatic heterocycles. The zero-order valence-corrected chi connectivity index (χ0v) is 13.9. The number of aliphatic hydroxyl groups is 3. The Bertz CT molecular complexity index is 396. The SMILES string of the molecule is I.OC[C@H]1C[C@@H](Nc2cc(I)ncn2)[C@H](O)[C@@H]1O. The van der Waals surface area contributed by atoms with Gasteiger partial charge in [-0.1, -0.05) is 0 Å². The minimum Gasteiger partial charge on any atom is -0.396 e. The number of anilines is 1. The lowest BCUT2D eigenvalue weighted by Gasteiger charge is -2.18. The lowest BCUT2D eigenvalue weighted by molar-refractivity contribution is 0.00445. The van der Waals surface area contributed by atoms with Crippen LogP contribution in [-0.2, 0) is 0 Å². The van der Waals surface area contributed by atoms with Crippen molar-refractivity contribution in [2.45, 2.75) is 24.7 Å². The van der Waals surface area contributed by atoms with Crippen LogP contribution in [0.1, 0.15) is 6.42 Å². The van der Waals surface area contributed by atoms with Crippen LogP contribution >= 0.6 is 46.6 Å². The fourth-order valence-corrected chi connectivity index (χ4v) is 2.47. The zero-order valence-electron chi connectivity index (χ0n) is 9.40. The first-order valence-electron chi connectivity index (χ1n) is 5.33. The van der Waals surface area contributed by atoms with Gasteiger partial charge in [0.05, 0.1) is 12.1 Å². The molecule has 8 heteroatoms. The summed E-state index contributed by atoms with van der Waals surface area (Å²) in [6, 6.07) is 1.46. The van der Waals surface area contributed by atoms with E-state index in [0.29, 0.717) is 12.2 Å². The van der Waals surface area contributed by atoms with Crippen LogP contribution in [0.4, 0.5) is 5.82 Å². The summed E-state index contributed by atoms with van der Waals surface area (Å²) in [4.78, 5) is 7.99. The molecule has 0 amide bonds. The van der Waals surface area contributed by atoms with Crippen molar-refractivity contribution in [2.75, 3.05) is 11.9 Å². The van der Waals surface area contributed by atoms with Crippen molar-refractivity contribution in [3.63, 3.8) is 0 Å². The Hall–Kier alpha value is 0.220. The normalized spacial score (nSPS) is 30.9. The molecule has 6 nitrogen and oxygen atoms in total. The third-order valence-corrected chi connectivity index (χ3v) is 3.59. The minimum atomic E-state index is -0.890. The van der Waals surface area contributed by atoms with E-state index in [0.717, 1.165) is 3.70 Å². The molecule has 1 aromatic rings. The van der Waals surface area contributed by atoms with Gasteiger partial charge in [0.1, 0.15) is 21.9 Å². The van der Waals surface area contributed by atoms with Gasteiger partial charge < -0.3 is 20.6 Å². The molecule has 1 heterocycles. The average Bonchev–Trinajstić information content (AvgIpc) is 2.57. The minimum absolute atomic E-state index is 0. The van der Waals surface area contributed by atoms with E-state index in [1.165, 1.54) is 6.33 Å². The average molecular weight is 479 g/mol. The zero-order chi connectivity index (χ0) is 12.4. The maximum atomic E-state index is 9.82. The smallest absolute Gasteiger partial charge is 0.130 e. The molecule has 0 radical (unpaired) electrons. The standard InChI is InChI=1S/C10H14IN3O3.HI/c11-7-2-8(13-4-12-7)14-6-1-5(3-15)9(16)10(6)17;/h2,4-6,9-10,15-17H,1,3H2,(H,12,13,14);1H/t5-,6-,9-,10+;/m1./s1. The van der Waals surface area contributed by atoms with Crippen LogP contribution in [0.15, 0.2) is 12.4 Å². The number of nitrogens with zero attached hydrogens (tertiary/aromatic N) is 2. The second kappa shape index (κ2) is 7.12. The molecular formula is C10H15I2N3O3. The van der Waals surface area contributed by atoms with Crippen molar-refractivity contribution in [1.82, 2.24) is 9.97 Å². The van der Waals surface area contributed by atoms with E-state index in [1.54, 1.807) is 6.07 Å². The summed E-state index contributed by atoms with van der Waals surface area (Å²) in [6.07, 6.45) is 0.170. The number of aromatic nitrogens is 2. The molecule has 1 aliphatic carbocycles. The fraction of sp³-hybridized carbons (Fsp3) is 0.600. The molecule has 18 heavy (non-hydrogen) atoms. The number of hydrogen-bond donors (Lipinski definition) is 4. The summed E-state index contributed by atoms with van der Waals surface area (Å²) in [5.41, 5.74) is 0. The van der Waals surface area contributed by atoms with Crippen LogP contribution in [0.2, 0.25) is 0 Å². The van der Waals surface area contributed by atoms with E-state index in [4.69, 9.17) is 5.11 Å². The highest BCUT2D eigenvalue weighted by molar-refractivity contribution is 14.1. The Labute approximate surface area is 135 Å². The lowest BCUT2D eigenvalue weighted by atomic mass is 10.1. The van der Waals surface area contributed by atoms with E-state index in [1.807, 2.05) is 0 Å². The van der Waals surface area contributed by atoms with Gasteiger partial charge in [-0.15, -0.1) is 24.0 Å². The van der Waals surface area contributed by atoms with Crippen molar-refractivity contribution < 1.29 is 15.3 Å². The fourth-order valence-electron chi connectivity index (χ4n) is 2.05. The van der Waals surface area contributed by atoms with Gasteiger partial charge in [0.25, 0.3) is 0 Å². The van der Waals surface area contributed by atoms with E-state index in [-0.39, 0.29) is 42.5 Å². The van der Waals surface area contributed by atoms with Gasteiger partial charge in [-0.05, 0) is 29.0 Å². The van der Waals surface area contributed by atoms with Gasteiger partial charge in [0, 0.05) is 18.6 Å². The number of aliphatic hydroxyl groups excluding tert-OH is 3. The topological polar surface area (TPSA) is 98.5 Å². The Kier molecular flexibility index (Phi) is 6.44. The predicted octanol–water partition coefficient (Wildman–Crippen LogP) is 0.214. The van der Waals surface area contributed by atoms with Crippen LogP contribution < -0.4 is 5.32 Å². The Balaban J connectivity index is 0.00000162. The van der Waals surface area contributed by atoms with Gasteiger partial charge in [0.2, 0.25) is 0 Å². The van der Waals surface area contributed by atoms with Gasteiger partial charge in [-0.25, -0.2) is 9.97 Å². The quantitative estimate of drug-likeness (QED) is 0.366. The maximum Gasteiger partial charge on any atom is 0.130 e. The van der Waals surface area contributed by atoms with Crippen molar-refractivity contribution in [3.8, 4) is 0 Å². The summed E-state index contributed by atoms with van der Waals surface area (Å²) >= 11 is 2.07. The van der Waals surface area contributed by atoms with Crippen molar-refractivity contribution in [2.24, 2.45) is 5.92 Å².